The van der Waals surface area contributed by atoms with Gasteiger partial charge in [-0.25, -0.2) is 4.99 Å². The van der Waals surface area contributed by atoms with Crippen molar-refractivity contribution in [3.63, 3.8) is 0 Å². The molecule has 2 aliphatic heterocycles. The number of amides is 2. The first-order valence-corrected chi connectivity index (χ1v) is 13.7. The molecule has 200 valence electrons. The number of hydrogen-bond acceptors (Lipinski definition) is 7. The average molecular weight is 543 g/mol. The van der Waals surface area contributed by atoms with Crippen LogP contribution >= 0.6 is 11.8 Å². The minimum absolute atomic E-state index is 0.0865. The number of amidine groups is 1. The van der Waals surface area contributed by atoms with Crippen LogP contribution in [0.5, 0.6) is 11.5 Å². The third kappa shape index (κ3) is 6.26. The number of rotatable bonds is 8. The van der Waals surface area contributed by atoms with Crippen molar-refractivity contribution in [2.45, 2.75) is 19.4 Å². The highest BCUT2D eigenvalue weighted by atomic mass is 32.2. The Balaban J connectivity index is 1.34. The van der Waals surface area contributed by atoms with Crippen LogP contribution in [0.1, 0.15) is 24.9 Å². The summed E-state index contributed by atoms with van der Waals surface area (Å²) >= 11 is 1.71. The Morgan fingerprint density at radius 1 is 0.949 bits per heavy atom. The van der Waals surface area contributed by atoms with Gasteiger partial charge in [-0.1, -0.05) is 42.1 Å². The smallest absolute Gasteiger partial charge is 0.262 e. The lowest BCUT2D eigenvalue weighted by atomic mass is 9.93. The number of anilines is 2. The number of allylic oxidation sites excluding steroid dienone is 1. The maximum absolute atomic E-state index is 13.6. The summed E-state index contributed by atoms with van der Waals surface area (Å²) in [6.45, 7) is 2.60. The molecule has 0 spiro atoms. The summed E-state index contributed by atoms with van der Waals surface area (Å²) in [5, 5.41) is 6.83. The lowest BCUT2D eigenvalue weighted by Gasteiger charge is -2.41. The Kier molecular flexibility index (Phi) is 8.17. The second-order valence-corrected chi connectivity index (χ2v) is 10.2. The second-order valence-electron chi connectivity index (χ2n) is 9.15. The Hall–Kier alpha value is -4.24. The van der Waals surface area contributed by atoms with Gasteiger partial charge in [0.2, 0.25) is 0 Å². The standard InChI is InChI=1S/C30H30N4O4S/c1-20-27(29(36)33-23-13-15-24(37-2)16-14-23)28(34-17-6-18-39-30(34)31-20)21-9-11-22(12-10-21)32-26(35)19-38-25-7-4-3-5-8-25/h3-5,7-16,28H,6,17-19H2,1-2H3,(H,32,35)(H,33,36). The Morgan fingerprint density at radius 3 is 2.36 bits per heavy atom. The zero-order chi connectivity index (χ0) is 27.2. The van der Waals surface area contributed by atoms with Gasteiger partial charge in [-0.2, -0.15) is 0 Å². The van der Waals surface area contributed by atoms with E-state index in [0.717, 1.165) is 35.2 Å². The number of aliphatic imine (C=N–C) groups is 1. The van der Waals surface area contributed by atoms with Crippen molar-refractivity contribution in [2.75, 3.05) is 36.6 Å². The van der Waals surface area contributed by atoms with Gasteiger partial charge in [-0.3, -0.25) is 9.59 Å². The van der Waals surface area contributed by atoms with Gasteiger partial charge in [0.05, 0.1) is 24.4 Å². The summed E-state index contributed by atoms with van der Waals surface area (Å²) in [6, 6.07) is 23.8. The lowest BCUT2D eigenvalue weighted by molar-refractivity contribution is -0.118. The van der Waals surface area contributed by atoms with Crippen LogP contribution in [0.15, 0.2) is 95.1 Å². The summed E-state index contributed by atoms with van der Waals surface area (Å²) in [7, 11) is 1.61. The predicted molar refractivity (Wildman–Crippen MR) is 155 cm³/mol. The van der Waals surface area contributed by atoms with E-state index in [1.807, 2.05) is 73.7 Å². The molecule has 1 unspecified atom stereocenters. The normalized spacial score (nSPS) is 16.6. The Bertz CT molecular complexity index is 1390. The number of hydrogen-bond donors (Lipinski definition) is 2. The molecule has 2 amide bonds. The number of thioether (sulfide) groups is 1. The quantitative estimate of drug-likeness (QED) is 0.392. The maximum Gasteiger partial charge on any atom is 0.262 e. The highest BCUT2D eigenvalue weighted by molar-refractivity contribution is 8.13. The molecule has 1 saturated heterocycles. The van der Waals surface area contributed by atoms with E-state index >= 15 is 0 Å². The van der Waals surface area contributed by atoms with Crippen LogP contribution in [0.2, 0.25) is 0 Å². The molecule has 2 heterocycles. The first-order valence-electron chi connectivity index (χ1n) is 12.7. The molecular weight excluding hydrogens is 512 g/mol. The average Bonchev–Trinajstić information content (AvgIpc) is 2.97. The number of nitrogens with one attached hydrogen (secondary N) is 2. The number of carbonyl (C=O) groups excluding carboxylic acids is 2. The van der Waals surface area contributed by atoms with Crippen LogP contribution in [0, 0.1) is 0 Å². The van der Waals surface area contributed by atoms with Gasteiger partial charge in [0.15, 0.2) is 11.8 Å². The molecule has 39 heavy (non-hydrogen) atoms. The van der Waals surface area contributed by atoms with E-state index in [4.69, 9.17) is 14.5 Å². The first-order chi connectivity index (χ1) is 19.0. The van der Waals surface area contributed by atoms with E-state index < -0.39 is 0 Å². The molecule has 2 aliphatic rings. The van der Waals surface area contributed by atoms with Gasteiger partial charge < -0.3 is 25.0 Å². The third-order valence-corrected chi connectivity index (χ3v) is 7.55. The number of methoxy groups -OCH3 is 1. The number of ether oxygens (including phenoxy) is 2. The predicted octanol–water partition coefficient (Wildman–Crippen LogP) is 5.48. The van der Waals surface area contributed by atoms with Gasteiger partial charge >= 0.3 is 0 Å². The lowest BCUT2D eigenvalue weighted by Crippen LogP contribution is -2.43. The van der Waals surface area contributed by atoms with Crippen molar-refractivity contribution in [2.24, 2.45) is 4.99 Å². The zero-order valence-electron chi connectivity index (χ0n) is 21.8. The zero-order valence-corrected chi connectivity index (χ0v) is 22.7. The summed E-state index contributed by atoms with van der Waals surface area (Å²) in [5.41, 5.74) is 3.58. The fourth-order valence-electron chi connectivity index (χ4n) is 4.59. The third-order valence-electron chi connectivity index (χ3n) is 6.47. The van der Waals surface area contributed by atoms with E-state index in [0.29, 0.717) is 28.4 Å². The second kappa shape index (κ2) is 12.1. The van der Waals surface area contributed by atoms with E-state index in [9.17, 15) is 9.59 Å². The largest absolute Gasteiger partial charge is 0.497 e. The number of nitrogens with zero attached hydrogens (tertiary/aromatic N) is 2. The van der Waals surface area contributed by atoms with Crippen molar-refractivity contribution in [1.29, 1.82) is 0 Å². The van der Waals surface area contributed by atoms with Crippen LogP contribution < -0.4 is 20.1 Å². The summed E-state index contributed by atoms with van der Waals surface area (Å²) in [6.07, 6.45) is 1.00. The van der Waals surface area contributed by atoms with Crippen LogP contribution in [-0.2, 0) is 9.59 Å². The molecule has 3 aromatic rings. The van der Waals surface area contributed by atoms with Crippen LogP contribution in [0.25, 0.3) is 0 Å². The minimum Gasteiger partial charge on any atom is -0.497 e. The molecule has 0 saturated carbocycles. The Labute approximate surface area is 232 Å². The highest BCUT2D eigenvalue weighted by Gasteiger charge is 2.37. The summed E-state index contributed by atoms with van der Waals surface area (Å²) < 4.78 is 10.8. The Morgan fingerprint density at radius 2 is 1.64 bits per heavy atom. The summed E-state index contributed by atoms with van der Waals surface area (Å²) in [5.74, 6) is 1.91. The molecular formula is C30H30N4O4S. The van der Waals surface area contributed by atoms with Crippen molar-refractivity contribution in [1.82, 2.24) is 4.90 Å². The van der Waals surface area contributed by atoms with Crippen molar-refractivity contribution >= 4 is 40.1 Å². The molecule has 0 radical (unpaired) electrons. The maximum atomic E-state index is 13.6. The number of carbonyl (C=O) groups is 2. The number of benzene rings is 3. The monoisotopic (exact) mass is 542 g/mol. The van der Waals surface area contributed by atoms with Crippen molar-refractivity contribution in [3.8, 4) is 11.5 Å². The SMILES string of the molecule is COc1ccc(NC(=O)C2=C(C)N=C3SCCCN3C2c2ccc(NC(=O)COc3ccccc3)cc2)cc1. The molecule has 3 aromatic carbocycles. The molecule has 1 fully saturated rings. The van der Waals surface area contributed by atoms with Crippen molar-refractivity contribution in [3.05, 3.63) is 95.7 Å². The van der Waals surface area contributed by atoms with Crippen LogP contribution in [0.4, 0.5) is 11.4 Å². The minimum atomic E-state index is -0.297. The van der Waals surface area contributed by atoms with E-state index in [2.05, 4.69) is 15.5 Å². The van der Waals surface area contributed by atoms with Crippen LogP contribution in [0.3, 0.4) is 0 Å². The van der Waals surface area contributed by atoms with Gasteiger partial charge in [0.25, 0.3) is 11.8 Å². The fraction of sp³-hybridized carbons (Fsp3) is 0.233. The first kappa shape index (κ1) is 26.4. The van der Waals surface area contributed by atoms with Gasteiger partial charge in [0.1, 0.15) is 11.5 Å². The molecule has 8 nitrogen and oxygen atoms in total. The molecule has 0 bridgehead atoms. The molecule has 5 rings (SSSR count). The topological polar surface area (TPSA) is 92.3 Å². The van der Waals surface area contributed by atoms with Gasteiger partial charge in [-0.05, 0) is 67.4 Å². The summed E-state index contributed by atoms with van der Waals surface area (Å²) in [4.78, 5) is 33.0. The number of para-hydroxylation sites is 1. The molecule has 1 atom stereocenters. The van der Waals surface area contributed by atoms with Crippen molar-refractivity contribution < 1.29 is 19.1 Å². The fourth-order valence-corrected chi connectivity index (χ4v) is 5.61. The van der Waals surface area contributed by atoms with E-state index in [-0.39, 0.29) is 24.5 Å². The molecule has 0 aromatic heterocycles. The van der Waals surface area contributed by atoms with Crippen LogP contribution in [-0.4, -0.2) is 47.9 Å². The van der Waals surface area contributed by atoms with Gasteiger partial charge in [0, 0.05) is 23.7 Å². The van der Waals surface area contributed by atoms with E-state index in [1.54, 1.807) is 31.0 Å². The molecule has 9 heteroatoms. The molecule has 2 N–H and O–H groups in total. The highest BCUT2D eigenvalue weighted by Crippen LogP contribution is 2.40. The van der Waals surface area contributed by atoms with Gasteiger partial charge in [-0.15, -0.1) is 0 Å². The van der Waals surface area contributed by atoms with E-state index in [1.165, 1.54) is 0 Å². The number of fused-ring (bicyclic) bond motifs is 1. The molecule has 0 aliphatic carbocycles.